The molecule has 26 heavy (non-hydrogen) atoms. The Bertz CT molecular complexity index is 831. The molecule has 0 saturated carbocycles. The number of benzene rings is 1. The Balaban J connectivity index is 1.74. The highest BCUT2D eigenvalue weighted by Gasteiger charge is 2.31. The zero-order valence-electron chi connectivity index (χ0n) is 15.2. The van der Waals surface area contributed by atoms with Crippen LogP contribution in [0.3, 0.4) is 0 Å². The summed E-state index contributed by atoms with van der Waals surface area (Å²) < 4.78 is 12.3. The normalized spacial score (nSPS) is 16.5. The van der Waals surface area contributed by atoms with Crippen molar-refractivity contribution >= 4 is 5.91 Å². The van der Waals surface area contributed by atoms with Gasteiger partial charge in [-0.05, 0) is 31.0 Å². The summed E-state index contributed by atoms with van der Waals surface area (Å²) in [5, 5.41) is 0. The molecule has 1 atom stereocenters. The highest BCUT2D eigenvalue weighted by atomic mass is 16.5. The van der Waals surface area contributed by atoms with Crippen molar-refractivity contribution in [2.24, 2.45) is 0 Å². The van der Waals surface area contributed by atoms with E-state index in [4.69, 9.17) is 9.47 Å². The fourth-order valence-electron chi connectivity index (χ4n) is 3.49. The van der Waals surface area contributed by atoms with Crippen LogP contribution in [0.1, 0.15) is 30.9 Å². The fraction of sp³-hybridized carbons (Fsp3) is 0.400. The predicted octanol–water partition coefficient (Wildman–Crippen LogP) is 2.62. The number of carbonyl (C=O) groups excluding carboxylic acids is 1. The molecule has 6 nitrogen and oxygen atoms in total. The summed E-state index contributed by atoms with van der Waals surface area (Å²) in [4.78, 5) is 26.5. The molecule has 0 spiro atoms. The van der Waals surface area contributed by atoms with Crippen molar-refractivity contribution in [2.75, 3.05) is 20.8 Å². The van der Waals surface area contributed by atoms with Gasteiger partial charge < -0.3 is 18.9 Å². The lowest BCUT2D eigenvalue weighted by atomic mass is 10.0. The number of nitrogens with zero attached hydrogens (tertiary/aromatic N) is 2. The summed E-state index contributed by atoms with van der Waals surface area (Å²) in [6.45, 7) is 1.11. The molecular formula is C20H24N2O4. The maximum atomic E-state index is 12.8. The van der Waals surface area contributed by atoms with Crippen molar-refractivity contribution in [2.45, 2.75) is 31.8 Å². The SMILES string of the molecule is COc1ccc([C@@H]2CCCN2C(=O)CCn2ccccc2=O)c(OC)c1. The van der Waals surface area contributed by atoms with Crippen molar-refractivity contribution in [1.82, 2.24) is 9.47 Å². The molecule has 0 unspecified atom stereocenters. The van der Waals surface area contributed by atoms with Gasteiger partial charge in [0.2, 0.25) is 5.91 Å². The molecule has 1 saturated heterocycles. The molecule has 138 valence electrons. The summed E-state index contributed by atoms with van der Waals surface area (Å²) in [5.41, 5.74) is 0.908. The molecule has 6 heteroatoms. The van der Waals surface area contributed by atoms with E-state index < -0.39 is 0 Å². The molecule has 2 aromatic rings. The Hall–Kier alpha value is -2.76. The van der Waals surface area contributed by atoms with E-state index in [0.717, 1.165) is 36.4 Å². The summed E-state index contributed by atoms with van der Waals surface area (Å²) >= 11 is 0. The second kappa shape index (κ2) is 8.08. The topological polar surface area (TPSA) is 60.8 Å². The first-order valence-corrected chi connectivity index (χ1v) is 8.81. The molecule has 0 bridgehead atoms. The second-order valence-electron chi connectivity index (χ2n) is 6.34. The van der Waals surface area contributed by atoms with E-state index in [-0.39, 0.29) is 17.5 Å². The van der Waals surface area contributed by atoms with Crippen LogP contribution >= 0.6 is 0 Å². The minimum Gasteiger partial charge on any atom is -0.497 e. The van der Waals surface area contributed by atoms with E-state index in [2.05, 4.69) is 0 Å². The number of amides is 1. The summed E-state index contributed by atoms with van der Waals surface area (Å²) in [6, 6.07) is 10.7. The molecule has 0 aliphatic carbocycles. The number of aryl methyl sites for hydroxylation is 1. The lowest BCUT2D eigenvalue weighted by molar-refractivity contribution is -0.132. The third-order valence-electron chi connectivity index (χ3n) is 4.84. The smallest absolute Gasteiger partial charge is 0.250 e. The number of ether oxygens (including phenoxy) is 2. The Kier molecular flexibility index (Phi) is 5.61. The first-order valence-electron chi connectivity index (χ1n) is 8.81. The second-order valence-corrected chi connectivity index (χ2v) is 6.34. The summed E-state index contributed by atoms with van der Waals surface area (Å²) in [5.74, 6) is 1.51. The predicted molar refractivity (Wildman–Crippen MR) is 98.6 cm³/mol. The van der Waals surface area contributed by atoms with Crippen molar-refractivity contribution in [3.63, 3.8) is 0 Å². The quantitative estimate of drug-likeness (QED) is 0.798. The highest BCUT2D eigenvalue weighted by molar-refractivity contribution is 5.77. The average Bonchev–Trinajstić information content (AvgIpc) is 3.16. The van der Waals surface area contributed by atoms with Gasteiger partial charge in [0.15, 0.2) is 0 Å². The summed E-state index contributed by atoms with van der Waals surface area (Å²) in [7, 11) is 3.24. The molecule has 1 aromatic heterocycles. The van der Waals surface area contributed by atoms with Crippen LogP contribution in [0.25, 0.3) is 0 Å². The van der Waals surface area contributed by atoms with Crippen LogP contribution in [0.5, 0.6) is 11.5 Å². The number of rotatable bonds is 6. The Labute approximate surface area is 153 Å². The van der Waals surface area contributed by atoms with Crippen LogP contribution < -0.4 is 15.0 Å². The fourth-order valence-corrected chi connectivity index (χ4v) is 3.49. The van der Waals surface area contributed by atoms with Crippen molar-refractivity contribution in [3.8, 4) is 11.5 Å². The van der Waals surface area contributed by atoms with Crippen molar-refractivity contribution < 1.29 is 14.3 Å². The van der Waals surface area contributed by atoms with Gasteiger partial charge in [0.05, 0.1) is 20.3 Å². The maximum absolute atomic E-state index is 12.8. The number of aromatic nitrogens is 1. The Morgan fingerprint density at radius 3 is 2.77 bits per heavy atom. The van der Waals surface area contributed by atoms with Gasteiger partial charge in [-0.2, -0.15) is 0 Å². The minimum atomic E-state index is -0.0879. The largest absolute Gasteiger partial charge is 0.497 e. The van der Waals surface area contributed by atoms with Gasteiger partial charge in [0.25, 0.3) is 5.56 Å². The maximum Gasteiger partial charge on any atom is 0.250 e. The van der Waals surface area contributed by atoms with Gasteiger partial charge in [0.1, 0.15) is 11.5 Å². The van der Waals surface area contributed by atoms with Crippen LogP contribution in [0.2, 0.25) is 0 Å². The van der Waals surface area contributed by atoms with Gasteiger partial charge in [-0.25, -0.2) is 0 Å². The first kappa shape index (κ1) is 18.0. The van der Waals surface area contributed by atoms with Crippen LogP contribution in [-0.2, 0) is 11.3 Å². The van der Waals surface area contributed by atoms with Crippen molar-refractivity contribution in [1.29, 1.82) is 0 Å². The number of hydrogen-bond acceptors (Lipinski definition) is 4. The lowest BCUT2D eigenvalue weighted by Crippen LogP contribution is -2.32. The Morgan fingerprint density at radius 1 is 1.19 bits per heavy atom. The first-order chi connectivity index (χ1) is 12.6. The zero-order valence-corrected chi connectivity index (χ0v) is 15.2. The number of methoxy groups -OCH3 is 2. The lowest BCUT2D eigenvalue weighted by Gasteiger charge is -2.26. The van der Waals surface area contributed by atoms with Crippen LogP contribution in [0.4, 0.5) is 0 Å². The number of pyridine rings is 1. The van der Waals surface area contributed by atoms with Crippen molar-refractivity contribution in [3.05, 3.63) is 58.5 Å². The third-order valence-corrected chi connectivity index (χ3v) is 4.84. The molecule has 0 N–H and O–H groups in total. The molecule has 0 radical (unpaired) electrons. The van der Waals surface area contributed by atoms with Gasteiger partial charge in [-0.1, -0.05) is 6.07 Å². The average molecular weight is 356 g/mol. The van der Waals surface area contributed by atoms with Crippen LogP contribution in [-0.4, -0.2) is 36.1 Å². The molecule has 2 heterocycles. The van der Waals surface area contributed by atoms with E-state index >= 15 is 0 Å². The molecule has 1 fully saturated rings. The standard InChI is InChI=1S/C20H24N2O4/c1-25-15-8-9-16(18(14-15)26-2)17-6-5-12-22(17)20(24)10-13-21-11-4-3-7-19(21)23/h3-4,7-9,11,14,17H,5-6,10,12-13H2,1-2H3/t17-/m0/s1. The van der Waals surface area contributed by atoms with Gasteiger partial charge in [0, 0.05) is 43.4 Å². The van der Waals surface area contributed by atoms with Gasteiger partial charge >= 0.3 is 0 Å². The van der Waals surface area contributed by atoms with E-state index in [1.165, 1.54) is 6.07 Å². The molecule has 1 aliphatic rings. The van der Waals surface area contributed by atoms with Crippen LogP contribution in [0.15, 0.2) is 47.4 Å². The molecule has 3 rings (SSSR count). The van der Waals surface area contributed by atoms with E-state index in [1.54, 1.807) is 37.1 Å². The van der Waals surface area contributed by atoms with Gasteiger partial charge in [-0.15, -0.1) is 0 Å². The van der Waals surface area contributed by atoms with E-state index in [0.29, 0.717) is 13.0 Å². The molecular weight excluding hydrogens is 332 g/mol. The molecule has 1 aromatic carbocycles. The molecule has 1 aliphatic heterocycles. The Morgan fingerprint density at radius 2 is 2.04 bits per heavy atom. The minimum absolute atomic E-state index is 0.00384. The number of carbonyl (C=O) groups is 1. The van der Waals surface area contributed by atoms with E-state index in [9.17, 15) is 9.59 Å². The third kappa shape index (κ3) is 3.74. The number of hydrogen-bond donors (Lipinski definition) is 0. The zero-order chi connectivity index (χ0) is 18.5. The summed E-state index contributed by atoms with van der Waals surface area (Å²) in [6.07, 6.45) is 3.87. The molecule has 1 amide bonds. The van der Waals surface area contributed by atoms with E-state index in [1.807, 2.05) is 23.1 Å². The van der Waals surface area contributed by atoms with Crippen LogP contribution in [0, 0.1) is 0 Å². The number of likely N-dealkylation sites (tertiary alicyclic amines) is 1. The monoisotopic (exact) mass is 356 g/mol. The highest BCUT2D eigenvalue weighted by Crippen LogP contribution is 2.38. The van der Waals surface area contributed by atoms with Gasteiger partial charge in [-0.3, -0.25) is 9.59 Å².